The third kappa shape index (κ3) is 6.10. The molecule has 0 aliphatic heterocycles. The van der Waals surface area contributed by atoms with Crippen LogP contribution in [0.3, 0.4) is 0 Å². The summed E-state index contributed by atoms with van der Waals surface area (Å²) in [5.41, 5.74) is 0.189. The van der Waals surface area contributed by atoms with Crippen LogP contribution < -0.4 is 5.32 Å². The first kappa shape index (κ1) is 14.5. The van der Waals surface area contributed by atoms with Crippen molar-refractivity contribution in [3.05, 3.63) is 0 Å². The summed E-state index contributed by atoms with van der Waals surface area (Å²) in [7, 11) is 0. The van der Waals surface area contributed by atoms with Crippen LogP contribution in [0.4, 0.5) is 0 Å². The topological polar surface area (TPSA) is 15.3 Å². The van der Waals surface area contributed by atoms with E-state index in [1.807, 2.05) is 0 Å². The molecule has 2 nitrogen and oxygen atoms in total. The lowest BCUT2D eigenvalue weighted by Crippen LogP contribution is -2.48. The molecule has 0 saturated heterocycles. The molecule has 1 fully saturated rings. The maximum atomic E-state index is 5.49. The lowest BCUT2D eigenvalue weighted by molar-refractivity contribution is 0.191. The summed E-state index contributed by atoms with van der Waals surface area (Å²) < 4.78 is 0. The third-order valence-electron chi connectivity index (χ3n) is 3.34. The number of hydrogen-bond donors (Lipinski definition) is 1. The van der Waals surface area contributed by atoms with Gasteiger partial charge in [0, 0.05) is 24.7 Å². The molecule has 0 bridgehead atoms. The van der Waals surface area contributed by atoms with Crippen molar-refractivity contribution in [2.45, 2.75) is 58.5 Å². The highest BCUT2D eigenvalue weighted by Gasteiger charge is 2.27. The smallest absolute Gasteiger partial charge is 0.0601 e. The van der Waals surface area contributed by atoms with Crippen LogP contribution >= 0.6 is 0 Å². The molecule has 0 radical (unpaired) electrons. The van der Waals surface area contributed by atoms with E-state index in [0.29, 0.717) is 6.04 Å². The molecule has 1 saturated carbocycles. The van der Waals surface area contributed by atoms with Crippen molar-refractivity contribution < 1.29 is 0 Å². The van der Waals surface area contributed by atoms with E-state index >= 15 is 0 Å². The fraction of sp³-hybridized carbons (Fsp3) is 0.867. The second kappa shape index (κ2) is 6.42. The Balaban J connectivity index is 2.45. The average molecular weight is 236 g/mol. The fourth-order valence-electron chi connectivity index (χ4n) is 2.05. The number of nitrogens with zero attached hydrogens (tertiary/aromatic N) is 1. The maximum absolute atomic E-state index is 5.49. The molecule has 1 rings (SSSR count). The van der Waals surface area contributed by atoms with Crippen LogP contribution in [0, 0.1) is 18.3 Å². The molecule has 2 heteroatoms. The molecule has 1 aliphatic rings. The first-order valence-electron chi connectivity index (χ1n) is 6.88. The van der Waals surface area contributed by atoms with Crippen molar-refractivity contribution in [1.29, 1.82) is 0 Å². The quantitative estimate of drug-likeness (QED) is 0.683. The van der Waals surface area contributed by atoms with Gasteiger partial charge in [-0.25, -0.2) is 0 Å². The summed E-state index contributed by atoms with van der Waals surface area (Å²) in [6.07, 6.45) is 9.44. The Labute approximate surface area is 107 Å². The lowest BCUT2D eigenvalue weighted by atomic mass is 10.1. The summed E-state index contributed by atoms with van der Waals surface area (Å²) >= 11 is 0. The normalized spacial score (nSPS) is 18.1. The molecule has 0 aromatic heterocycles. The molecule has 0 aromatic carbocycles. The Bertz CT molecular complexity index is 255. The minimum atomic E-state index is 0.189. The standard InChI is InChI=1S/C15H28N2/c1-6-10-17(12-13-8-9-13)14(7-2)11-16-15(3,4)5/h1,13-14,16H,7-12H2,2-5H3. The van der Waals surface area contributed by atoms with Crippen LogP contribution in [0.15, 0.2) is 0 Å². The fourth-order valence-corrected chi connectivity index (χ4v) is 2.05. The van der Waals surface area contributed by atoms with Gasteiger partial charge in [-0.15, -0.1) is 6.42 Å². The molecule has 1 N–H and O–H groups in total. The van der Waals surface area contributed by atoms with Crippen LogP contribution in [0.2, 0.25) is 0 Å². The summed E-state index contributed by atoms with van der Waals surface area (Å²) in [5, 5.41) is 3.60. The van der Waals surface area contributed by atoms with Crippen molar-refractivity contribution >= 4 is 0 Å². The van der Waals surface area contributed by atoms with Crippen molar-refractivity contribution in [2.24, 2.45) is 5.92 Å². The number of hydrogen-bond acceptors (Lipinski definition) is 2. The van der Waals surface area contributed by atoms with Crippen LogP contribution in [0.5, 0.6) is 0 Å². The van der Waals surface area contributed by atoms with Crippen molar-refractivity contribution in [2.75, 3.05) is 19.6 Å². The summed E-state index contributed by atoms with van der Waals surface area (Å²) in [6.45, 7) is 11.9. The van der Waals surface area contributed by atoms with Crippen LogP contribution in [0.1, 0.15) is 47.0 Å². The number of rotatable bonds is 7. The minimum Gasteiger partial charge on any atom is -0.311 e. The summed E-state index contributed by atoms with van der Waals surface area (Å²) in [5.74, 6) is 3.72. The second-order valence-corrected chi connectivity index (χ2v) is 6.27. The summed E-state index contributed by atoms with van der Waals surface area (Å²) in [6, 6.07) is 0.575. The van der Waals surface area contributed by atoms with Gasteiger partial charge in [-0.1, -0.05) is 12.8 Å². The van der Waals surface area contributed by atoms with Crippen LogP contribution in [0.25, 0.3) is 0 Å². The number of nitrogens with one attached hydrogen (secondary N) is 1. The van der Waals surface area contributed by atoms with Gasteiger partial charge in [0.2, 0.25) is 0 Å². The Kier molecular flexibility index (Phi) is 5.49. The van der Waals surface area contributed by atoms with Gasteiger partial charge in [-0.3, -0.25) is 4.90 Å². The molecular weight excluding hydrogens is 208 g/mol. The predicted molar refractivity (Wildman–Crippen MR) is 75.0 cm³/mol. The van der Waals surface area contributed by atoms with Crippen molar-refractivity contribution in [1.82, 2.24) is 10.2 Å². The Morgan fingerprint density at radius 3 is 2.47 bits per heavy atom. The average Bonchev–Trinajstić information content (AvgIpc) is 3.01. The molecule has 0 spiro atoms. The highest BCUT2D eigenvalue weighted by molar-refractivity contribution is 4.93. The molecule has 98 valence electrons. The molecule has 1 unspecified atom stereocenters. The van der Waals surface area contributed by atoms with E-state index in [-0.39, 0.29) is 5.54 Å². The first-order chi connectivity index (χ1) is 7.96. The molecular formula is C15H28N2. The van der Waals surface area contributed by atoms with E-state index < -0.39 is 0 Å². The van der Waals surface area contributed by atoms with Gasteiger partial charge in [-0.05, 0) is 46.0 Å². The molecule has 0 heterocycles. The van der Waals surface area contributed by atoms with E-state index in [4.69, 9.17) is 6.42 Å². The molecule has 1 atom stereocenters. The molecule has 0 aromatic rings. The van der Waals surface area contributed by atoms with Gasteiger partial charge < -0.3 is 5.32 Å². The van der Waals surface area contributed by atoms with E-state index in [1.165, 1.54) is 19.4 Å². The van der Waals surface area contributed by atoms with Crippen LogP contribution in [-0.2, 0) is 0 Å². The minimum absolute atomic E-state index is 0.189. The molecule has 17 heavy (non-hydrogen) atoms. The Hall–Kier alpha value is -0.520. The van der Waals surface area contributed by atoms with E-state index in [0.717, 1.165) is 25.4 Å². The van der Waals surface area contributed by atoms with Gasteiger partial charge in [0.15, 0.2) is 0 Å². The van der Waals surface area contributed by atoms with E-state index in [1.54, 1.807) is 0 Å². The van der Waals surface area contributed by atoms with Gasteiger partial charge in [0.1, 0.15) is 0 Å². The van der Waals surface area contributed by atoms with Gasteiger partial charge in [-0.2, -0.15) is 0 Å². The first-order valence-corrected chi connectivity index (χ1v) is 6.88. The number of terminal acetylenes is 1. The van der Waals surface area contributed by atoms with E-state index in [9.17, 15) is 0 Å². The van der Waals surface area contributed by atoms with Crippen molar-refractivity contribution in [3.63, 3.8) is 0 Å². The van der Waals surface area contributed by atoms with Gasteiger partial charge >= 0.3 is 0 Å². The summed E-state index contributed by atoms with van der Waals surface area (Å²) in [4.78, 5) is 2.48. The van der Waals surface area contributed by atoms with Gasteiger partial charge in [0.05, 0.1) is 6.54 Å². The zero-order valence-corrected chi connectivity index (χ0v) is 11.9. The zero-order valence-electron chi connectivity index (χ0n) is 11.9. The maximum Gasteiger partial charge on any atom is 0.0601 e. The highest BCUT2D eigenvalue weighted by atomic mass is 15.2. The molecule has 0 amide bonds. The van der Waals surface area contributed by atoms with Gasteiger partial charge in [0.25, 0.3) is 0 Å². The Morgan fingerprint density at radius 1 is 1.41 bits per heavy atom. The predicted octanol–water partition coefficient (Wildman–Crippen LogP) is 2.50. The third-order valence-corrected chi connectivity index (χ3v) is 3.34. The van der Waals surface area contributed by atoms with Crippen molar-refractivity contribution in [3.8, 4) is 12.3 Å². The zero-order chi connectivity index (χ0) is 12.9. The highest BCUT2D eigenvalue weighted by Crippen LogP contribution is 2.30. The lowest BCUT2D eigenvalue weighted by Gasteiger charge is -2.32. The SMILES string of the molecule is C#CCN(CC1CC1)C(CC)CNC(C)(C)C. The monoisotopic (exact) mass is 236 g/mol. The largest absolute Gasteiger partial charge is 0.311 e. The van der Waals surface area contributed by atoms with E-state index in [2.05, 4.69) is 43.8 Å². The van der Waals surface area contributed by atoms with Crippen LogP contribution in [-0.4, -0.2) is 36.1 Å². The molecule has 1 aliphatic carbocycles. The second-order valence-electron chi connectivity index (χ2n) is 6.27. The Morgan fingerprint density at radius 2 is 2.06 bits per heavy atom.